The largest absolute Gasteiger partial charge is 0.455 e. The first-order chi connectivity index (χ1) is 14.0. The molecule has 0 spiro atoms. The van der Waals surface area contributed by atoms with E-state index in [2.05, 4.69) is 44.4 Å². The number of quaternary nitrogens is 1. The predicted octanol–water partition coefficient (Wildman–Crippen LogP) is 2.79. The van der Waals surface area contributed by atoms with E-state index in [1.54, 1.807) is 0 Å². The highest BCUT2D eigenvalue weighted by Crippen LogP contribution is 2.41. The van der Waals surface area contributed by atoms with Crippen molar-refractivity contribution in [2.45, 2.75) is 58.5 Å². The summed E-state index contributed by atoms with van der Waals surface area (Å²) in [6.07, 6.45) is 0.877. The van der Waals surface area contributed by atoms with Crippen molar-refractivity contribution in [2.75, 3.05) is 11.9 Å². The van der Waals surface area contributed by atoms with Crippen LogP contribution in [0.3, 0.4) is 0 Å². The number of hydrogen-bond acceptors (Lipinski definition) is 5. The van der Waals surface area contributed by atoms with Crippen molar-refractivity contribution in [3.05, 3.63) is 51.4 Å². The van der Waals surface area contributed by atoms with E-state index in [0.29, 0.717) is 10.6 Å². The van der Waals surface area contributed by atoms with Crippen LogP contribution in [0, 0.1) is 18.3 Å². The lowest BCUT2D eigenvalue weighted by Crippen LogP contribution is -3.03. The second kappa shape index (κ2) is 8.21. The molecule has 7 heteroatoms. The second-order valence-corrected chi connectivity index (χ2v) is 10.1. The van der Waals surface area contributed by atoms with Gasteiger partial charge in [0.2, 0.25) is 0 Å². The first kappa shape index (κ1) is 22.0. The van der Waals surface area contributed by atoms with Gasteiger partial charge < -0.3 is 15.4 Å². The third kappa shape index (κ3) is 4.72. The molecule has 0 saturated carbocycles. The Morgan fingerprint density at radius 3 is 2.63 bits per heavy atom. The van der Waals surface area contributed by atoms with E-state index < -0.39 is 11.9 Å². The number of carbonyl (C=O) groups excluding carboxylic acids is 2. The van der Waals surface area contributed by atoms with Crippen molar-refractivity contribution in [3.8, 4) is 6.07 Å². The molecule has 3 rings (SSSR count). The Morgan fingerprint density at radius 1 is 1.27 bits per heavy atom. The quantitative estimate of drug-likeness (QED) is 0.719. The van der Waals surface area contributed by atoms with Crippen molar-refractivity contribution in [1.29, 1.82) is 5.26 Å². The number of carbonyl (C=O) groups is 2. The van der Waals surface area contributed by atoms with Crippen LogP contribution >= 0.6 is 11.3 Å². The number of nitrogens with one attached hydrogen (secondary N) is 1. The minimum absolute atomic E-state index is 0.0322. The van der Waals surface area contributed by atoms with Crippen LogP contribution in [0.25, 0.3) is 0 Å². The Morgan fingerprint density at radius 2 is 1.97 bits per heavy atom. The molecule has 0 fully saturated rings. The standard InChI is InChI=1S/C23H27N3O3S/c1-14-8-6-7-9-15(14)10-19(28)29-13-18(27)25-21-17(12-24)16-11-22(2,3)26-23(4,5)20(16)30-21/h6-9,26H,10-11,13H2,1-5H3,(H,25,27)/p+1. The number of rotatable bonds is 5. The van der Waals surface area contributed by atoms with Crippen molar-refractivity contribution in [3.63, 3.8) is 0 Å². The molecule has 1 aromatic heterocycles. The predicted molar refractivity (Wildman–Crippen MR) is 116 cm³/mol. The van der Waals surface area contributed by atoms with Crippen LogP contribution in [-0.4, -0.2) is 24.0 Å². The van der Waals surface area contributed by atoms with Gasteiger partial charge in [-0.25, -0.2) is 0 Å². The molecule has 0 bridgehead atoms. The molecule has 0 unspecified atom stereocenters. The zero-order chi connectivity index (χ0) is 22.1. The van der Waals surface area contributed by atoms with Gasteiger partial charge in [-0.3, -0.25) is 9.59 Å². The number of fused-ring (bicyclic) bond motifs is 1. The molecule has 1 aromatic carbocycles. The summed E-state index contributed by atoms with van der Waals surface area (Å²) in [6, 6.07) is 9.83. The summed E-state index contributed by atoms with van der Waals surface area (Å²) in [5, 5.41) is 15.3. The van der Waals surface area contributed by atoms with Gasteiger partial charge in [0.1, 0.15) is 16.6 Å². The maximum atomic E-state index is 12.4. The number of hydrogen-bond donors (Lipinski definition) is 2. The fraction of sp³-hybridized carbons (Fsp3) is 0.435. The number of nitriles is 1. The zero-order valence-electron chi connectivity index (χ0n) is 18.1. The number of anilines is 1. The van der Waals surface area contributed by atoms with Crippen LogP contribution in [0.4, 0.5) is 5.00 Å². The molecule has 0 saturated heterocycles. The van der Waals surface area contributed by atoms with Gasteiger partial charge in [-0.2, -0.15) is 5.26 Å². The van der Waals surface area contributed by atoms with Crippen LogP contribution in [0.5, 0.6) is 0 Å². The highest BCUT2D eigenvalue weighted by molar-refractivity contribution is 7.16. The molecule has 6 nitrogen and oxygen atoms in total. The molecule has 1 amide bonds. The third-order valence-electron chi connectivity index (χ3n) is 5.30. The molecule has 1 aliphatic rings. The van der Waals surface area contributed by atoms with E-state index in [4.69, 9.17) is 4.74 Å². The average molecular weight is 427 g/mol. The normalized spacial score (nSPS) is 16.3. The van der Waals surface area contributed by atoms with Crippen LogP contribution in [0.1, 0.15) is 54.8 Å². The summed E-state index contributed by atoms with van der Waals surface area (Å²) in [5.74, 6) is -0.896. The van der Waals surface area contributed by atoms with Crippen LogP contribution in [-0.2, 0) is 32.7 Å². The van der Waals surface area contributed by atoms with E-state index in [1.165, 1.54) is 11.3 Å². The fourth-order valence-electron chi connectivity index (χ4n) is 4.23. The summed E-state index contributed by atoms with van der Waals surface area (Å²) in [5.41, 5.74) is 3.19. The number of amides is 1. The van der Waals surface area contributed by atoms with Gasteiger partial charge in [0.05, 0.1) is 22.4 Å². The molecule has 158 valence electrons. The SMILES string of the molecule is Cc1ccccc1CC(=O)OCC(=O)Nc1sc2c(c1C#N)CC(C)(C)[NH2+]C2(C)C. The molecular formula is C23H28N3O3S+. The van der Waals surface area contributed by atoms with Crippen LogP contribution < -0.4 is 10.6 Å². The minimum atomic E-state index is -0.456. The van der Waals surface area contributed by atoms with E-state index in [9.17, 15) is 14.9 Å². The van der Waals surface area contributed by atoms with Gasteiger partial charge in [-0.15, -0.1) is 11.3 Å². The fourth-order valence-corrected chi connectivity index (χ4v) is 5.49. The molecule has 0 atom stereocenters. The number of thiophene rings is 1. The number of aryl methyl sites for hydroxylation is 1. The van der Waals surface area contributed by atoms with Crippen LogP contribution in [0.15, 0.2) is 24.3 Å². The summed E-state index contributed by atoms with van der Waals surface area (Å²) < 4.78 is 5.15. The summed E-state index contributed by atoms with van der Waals surface area (Å²) in [6.45, 7) is 10.1. The molecule has 3 N–H and O–H groups in total. The van der Waals surface area contributed by atoms with E-state index in [1.807, 2.05) is 31.2 Å². The number of nitrogens with zero attached hydrogens (tertiary/aromatic N) is 1. The highest BCUT2D eigenvalue weighted by atomic mass is 32.1. The molecule has 1 aliphatic heterocycles. The molecule has 30 heavy (non-hydrogen) atoms. The maximum absolute atomic E-state index is 12.4. The van der Waals surface area contributed by atoms with Gasteiger partial charge in [-0.1, -0.05) is 24.3 Å². The lowest BCUT2D eigenvalue weighted by molar-refractivity contribution is -0.789. The number of esters is 1. The summed E-state index contributed by atoms with van der Waals surface area (Å²) in [4.78, 5) is 25.6. The Labute approximate surface area is 181 Å². The summed E-state index contributed by atoms with van der Waals surface area (Å²) >= 11 is 1.44. The van der Waals surface area contributed by atoms with E-state index >= 15 is 0 Å². The van der Waals surface area contributed by atoms with Crippen molar-refractivity contribution < 1.29 is 19.6 Å². The Kier molecular flexibility index (Phi) is 6.02. The Bertz CT molecular complexity index is 1030. The first-order valence-corrected chi connectivity index (χ1v) is 10.8. The second-order valence-electron chi connectivity index (χ2n) is 9.07. The molecule has 0 aliphatic carbocycles. The lowest BCUT2D eigenvalue weighted by Gasteiger charge is -2.38. The Balaban J connectivity index is 1.68. The van der Waals surface area contributed by atoms with Gasteiger partial charge in [0.15, 0.2) is 6.61 Å². The van der Waals surface area contributed by atoms with Crippen LogP contribution in [0.2, 0.25) is 0 Å². The lowest BCUT2D eigenvalue weighted by atomic mass is 9.81. The van der Waals surface area contributed by atoms with Gasteiger partial charge >= 0.3 is 5.97 Å². The number of ether oxygens (including phenoxy) is 1. The van der Waals surface area contributed by atoms with E-state index in [0.717, 1.165) is 28.0 Å². The van der Waals surface area contributed by atoms with Crippen molar-refractivity contribution in [1.82, 2.24) is 0 Å². The Hall–Kier alpha value is -2.69. The molecular weight excluding hydrogens is 398 g/mol. The maximum Gasteiger partial charge on any atom is 0.310 e. The van der Waals surface area contributed by atoms with Crippen molar-refractivity contribution >= 4 is 28.2 Å². The number of benzene rings is 1. The van der Waals surface area contributed by atoms with Crippen molar-refractivity contribution in [2.24, 2.45) is 0 Å². The number of nitrogens with two attached hydrogens (primary N) is 1. The average Bonchev–Trinajstić information content (AvgIpc) is 2.98. The van der Waals surface area contributed by atoms with Gasteiger partial charge in [-0.05, 0) is 51.3 Å². The highest BCUT2D eigenvalue weighted by Gasteiger charge is 2.44. The zero-order valence-corrected chi connectivity index (χ0v) is 18.9. The third-order valence-corrected chi connectivity index (χ3v) is 6.79. The van der Waals surface area contributed by atoms with E-state index in [-0.39, 0.29) is 24.1 Å². The minimum Gasteiger partial charge on any atom is -0.455 e. The smallest absolute Gasteiger partial charge is 0.310 e. The molecule has 0 radical (unpaired) electrons. The molecule has 2 heterocycles. The van der Waals surface area contributed by atoms with Gasteiger partial charge in [0, 0.05) is 6.42 Å². The molecule has 2 aromatic rings. The topological polar surface area (TPSA) is 95.8 Å². The monoisotopic (exact) mass is 426 g/mol. The summed E-state index contributed by atoms with van der Waals surface area (Å²) in [7, 11) is 0. The first-order valence-electron chi connectivity index (χ1n) is 9.96. The van der Waals surface area contributed by atoms with Gasteiger partial charge in [0.25, 0.3) is 5.91 Å².